The van der Waals surface area contributed by atoms with Gasteiger partial charge in [-0.2, -0.15) is 5.10 Å². The number of aryl methyl sites for hydroxylation is 2. The summed E-state index contributed by atoms with van der Waals surface area (Å²) in [5.74, 6) is 0.588. The van der Waals surface area contributed by atoms with Crippen LogP contribution in [0.15, 0.2) is 35.1 Å². The van der Waals surface area contributed by atoms with E-state index in [-0.39, 0.29) is 18.1 Å². The van der Waals surface area contributed by atoms with Crippen molar-refractivity contribution in [3.63, 3.8) is 0 Å². The van der Waals surface area contributed by atoms with E-state index in [4.69, 9.17) is 0 Å². The first kappa shape index (κ1) is 20.3. The van der Waals surface area contributed by atoms with E-state index < -0.39 is 6.10 Å². The monoisotopic (exact) mass is 386 g/mol. The van der Waals surface area contributed by atoms with Crippen LogP contribution in [0.5, 0.6) is 0 Å². The Kier molecular flexibility index (Phi) is 7.03. The normalized spacial score (nSPS) is 17.1. The number of nitrogens with zero attached hydrogens (tertiary/aromatic N) is 4. The van der Waals surface area contributed by atoms with Crippen molar-refractivity contribution in [1.29, 1.82) is 0 Å². The van der Waals surface area contributed by atoms with Gasteiger partial charge in [-0.05, 0) is 31.2 Å². The van der Waals surface area contributed by atoms with E-state index in [1.807, 2.05) is 30.3 Å². The van der Waals surface area contributed by atoms with Crippen molar-refractivity contribution < 1.29 is 9.90 Å². The van der Waals surface area contributed by atoms with Crippen LogP contribution >= 0.6 is 0 Å². The Hall–Kier alpha value is -2.41. The molecular weight excluding hydrogens is 356 g/mol. The van der Waals surface area contributed by atoms with E-state index >= 15 is 0 Å². The van der Waals surface area contributed by atoms with Crippen molar-refractivity contribution in [3.8, 4) is 0 Å². The van der Waals surface area contributed by atoms with Crippen molar-refractivity contribution >= 4 is 5.91 Å². The Morgan fingerprint density at radius 3 is 2.75 bits per heavy atom. The lowest BCUT2D eigenvalue weighted by molar-refractivity contribution is -0.135. The molecule has 1 atom stereocenters. The first-order valence-electron chi connectivity index (χ1n) is 10.2. The SMILES string of the molecule is CCCCc1nn(CC(=O)N2CCC[C@@H](O)C2)c(=O)n1CCc1ccccc1. The second-order valence-electron chi connectivity index (χ2n) is 7.48. The zero-order valence-electron chi connectivity index (χ0n) is 16.6. The summed E-state index contributed by atoms with van der Waals surface area (Å²) in [6, 6.07) is 10.1. The van der Waals surface area contributed by atoms with Crippen LogP contribution in [0, 0.1) is 0 Å². The number of carbonyl (C=O) groups excluding carboxylic acids is 1. The second kappa shape index (κ2) is 9.68. The molecule has 1 aliphatic rings. The van der Waals surface area contributed by atoms with Crippen LogP contribution < -0.4 is 5.69 Å². The minimum absolute atomic E-state index is 0.0665. The Bertz CT molecular complexity index is 828. The zero-order valence-corrected chi connectivity index (χ0v) is 16.6. The predicted octanol–water partition coefficient (Wildman–Crippen LogP) is 1.61. The fraction of sp³-hybridized carbons (Fsp3) is 0.571. The van der Waals surface area contributed by atoms with Crippen LogP contribution in [0.2, 0.25) is 0 Å². The highest BCUT2D eigenvalue weighted by atomic mass is 16.3. The Labute approximate surface area is 165 Å². The molecule has 1 aromatic heterocycles. The number of hydrogen-bond acceptors (Lipinski definition) is 4. The molecule has 0 bridgehead atoms. The molecule has 7 nitrogen and oxygen atoms in total. The van der Waals surface area contributed by atoms with Crippen molar-refractivity contribution in [3.05, 3.63) is 52.2 Å². The van der Waals surface area contributed by atoms with Crippen molar-refractivity contribution in [1.82, 2.24) is 19.2 Å². The average Bonchev–Trinajstić information content (AvgIpc) is 3.00. The Balaban J connectivity index is 1.74. The molecule has 1 fully saturated rings. The molecule has 2 heterocycles. The number of β-amino-alcohol motifs (C(OH)–C–C–N with tert-alkyl or cyclic N) is 1. The lowest BCUT2D eigenvalue weighted by atomic mass is 10.1. The molecule has 152 valence electrons. The first-order chi connectivity index (χ1) is 13.6. The topological polar surface area (TPSA) is 80.4 Å². The maximum absolute atomic E-state index is 12.9. The molecule has 2 aromatic rings. The quantitative estimate of drug-likeness (QED) is 0.748. The highest BCUT2D eigenvalue weighted by molar-refractivity contribution is 5.76. The summed E-state index contributed by atoms with van der Waals surface area (Å²) in [6.45, 7) is 3.56. The van der Waals surface area contributed by atoms with Gasteiger partial charge in [0, 0.05) is 26.1 Å². The highest BCUT2D eigenvalue weighted by Crippen LogP contribution is 2.11. The molecule has 1 aromatic carbocycles. The van der Waals surface area contributed by atoms with Gasteiger partial charge in [0.25, 0.3) is 0 Å². The van der Waals surface area contributed by atoms with Crippen LogP contribution in [0.3, 0.4) is 0 Å². The number of aliphatic hydroxyl groups excluding tert-OH is 1. The van der Waals surface area contributed by atoms with E-state index in [1.54, 1.807) is 9.47 Å². The van der Waals surface area contributed by atoms with Gasteiger partial charge in [0.05, 0.1) is 6.10 Å². The Morgan fingerprint density at radius 2 is 2.04 bits per heavy atom. The van der Waals surface area contributed by atoms with Crippen molar-refractivity contribution in [2.45, 2.75) is 64.6 Å². The van der Waals surface area contributed by atoms with E-state index in [9.17, 15) is 14.7 Å². The molecule has 28 heavy (non-hydrogen) atoms. The van der Waals surface area contributed by atoms with Crippen molar-refractivity contribution in [2.24, 2.45) is 0 Å². The van der Waals surface area contributed by atoms with Crippen LogP contribution in [0.25, 0.3) is 0 Å². The van der Waals surface area contributed by atoms with Gasteiger partial charge in [0.2, 0.25) is 5.91 Å². The lowest BCUT2D eigenvalue weighted by Crippen LogP contribution is -2.44. The molecule has 7 heteroatoms. The smallest absolute Gasteiger partial charge is 0.346 e. The standard InChI is InChI=1S/C21H30N4O3/c1-2-3-11-19-22-25(16-20(27)23-13-7-10-18(26)15-23)21(28)24(19)14-12-17-8-5-4-6-9-17/h4-6,8-9,18,26H,2-3,7,10-16H2,1H3/t18-/m1/s1. The Morgan fingerprint density at radius 1 is 1.25 bits per heavy atom. The molecule has 1 N–H and O–H groups in total. The van der Waals surface area contributed by atoms with Gasteiger partial charge < -0.3 is 10.0 Å². The summed E-state index contributed by atoms with van der Waals surface area (Å²) in [4.78, 5) is 27.1. The molecule has 0 spiro atoms. The summed E-state index contributed by atoms with van der Waals surface area (Å²) in [6.07, 6.45) is 4.48. The number of piperidine rings is 1. The highest BCUT2D eigenvalue weighted by Gasteiger charge is 2.24. The number of aromatic nitrogens is 3. The molecule has 0 radical (unpaired) electrons. The van der Waals surface area contributed by atoms with E-state index in [2.05, 4.69) is 12.0 Å². The molecule has 0 unspecified atom stereocenters. The molecule has 0 saturated carbocycles. The summed E-state index contributed by atoms with van der Waals surface area (Å²) in [5.41, 5.74) is 0.940. The minimum atomic E-state index is -0.474. The van der Waals surface area contributed by atoms with E-state index in [1.165, 1.54) is 10.2 Å². The van der Waals surface area contributed by atoms with Gasteiger partial charge in [-0.15, -0.1) is 0 Å². The van der Waals surface area contributed by atoms with Gasteiger partial charge in [-0.3, -0.25) is 9.36 Å². The fourth-order valence-corrected chi connectivity index (χ4v) is 3.63. The number of aliphatic hydroxyl groups is 1. The summed E-state index contributed by atoms with van der Waals surface area (Å²) in [7, 11) is 0. The lowest BCUT2D eigenvalue weighted by Gasteiger charge is -2.29. The van der Waals surface area contributed by atoms with Gasteiger partial charge in [0.15, 0.2) is 0 Å². The zero-order chi connectivity index (χ0) is 19.9. The molecule has 1 saturated heterocycles. The van der Waals surface area contributed by atoms with E-state index in [0.717, 1.165) is 44.3 Å². The third-order valence-corrected chi connectivity index (χ3v) is 5.25. The van der Waals surface area contributed by atoms with Gasteiger partial charge >= 0.3 is 5.69 Å². The maximum Gasteiger partial charge on any atom is 0.346 e. The van der Waals surface area contributed by atoms with Crippen LogP contribution in [0.1, 0.15) is 44.0 Å². The number of hydrogen-bond donors (Lipinski definition) is 1. The molecular formula is C21H30N4O3. The molecule has 1 amide bonds. The number of benzene rings is 1. The average molecular weight is 386 g/mol. The third kappa shape index (κ3) is 5.10. The second-order valence-corrected chi connectivity index (χ2v) is 7.48. The summed E-state index contributed by atoms with van der Waals surface area (Å²) >= 11 is 0. The molecule has 1 aliphatic heterocycles. The number of unbranched alkanes of at least 4 members (excludes halogenated alkanes) is 1. The van der Waals surface area contributed by atoms with Crippen molar-refractivity contribution in [2.75, 3.05) is 13.1 Å². The maximum atomic E-state index is 12.9. The number of carbonyl (C=O) groups is 1. The largest absolute Gasteiger partial charge is 0.391 e. The third-order valence-electron chi connectivity index (χ3n) is 5.25. The van der Waals surface area contributed by atoms with Gasteiger partial charge in [-0.1, -0.05) is 43.7 Å². The van der Waals surface area contributed by atoms with Crippen LogP contribution in [0.4, 0.5) is 0 Å². The number of rotatable bonds is 8. The molecule has 3 rings (SSSR count). The van der Waals surface area contributed by atoms with Gasteiger partial charge in [0.1, 0.15) is 12.4 Å². The summed E-state index contributed by atoms with van der Waals surface area (Å²) in [5, 5.41) is 14.3. The predicted molar refractivity (Wildman–Crippen MR) is 107 cm³/mol. The molecule has 0 aliphatic carbocycles. The number of likely N-dealkylation sites (tertiary alicyclic amines) is 1. The van der Waals surface area contributed by atoms with Crippen LogP contribution in [-0.4, -0.2) is 49.5 Å². The van der Waals surface area contributed by atoms with Gasteiger partial charge in [-0.25, -0.2) is 9.48 Å². The number of amides is 1. The first-order valence-corrected chi connectivity index (χ1v) is 10.2. The van der Waals surface area contributed by atoms with E-state index in [0.29, 0.717) is 19.6 Å². The fourth-order valence-electron chi connectivity index (χ4n) is 3.63. The summed E-state index contributed by atoms with van der Waals surface area (Å²) < 4.78 is 3.00. The minimum Gasteiger partial charge on any atom is -0.391 e. The van der Waals surface area contributed by atoms with Crippen LogP contribution in [-0.2, 0) is 30.7 Å².